The number of thioether (sulfide) groups is 1. The number of nitro benzene ring substituents is 1. The number of nitro groups is 1. The molecule has 1 fully saturated rings. The van der Waals surface area contributed by atoms with Gasteiger partial charge in [0.15, 0.2) is 0 Å². The quantitative estimate of drug-likeness (QED) is 0.263. The second-order valence-electron chi connectivity index (χ2n) is 5.65. The normalized spacial score (nSPS) is 15.5. The van der Waals surface area contributed by atoms with Crippen molar-refractivity contribution in [3.63, 3.8) is 0 Å². The third-order valence-corrected chi connectivity index (χ3v) is 5.56. The SMILES string of the molecule is CN1C(=O)S/C(=C\c2ccc(OCc3cccc([N+](=O)[O-])c3)c(I)c2)C1=O. The molecule has 9 heteroatoms. The summed E-state index contributed by atoms with van der Waals surface area (Å²) in [6, 6.07) is 11.7. The molecule has 138 valence electrons. The lowest BCUT2D eigenvalue weighted by atomic mass is 10.2. The van der Waals surface area contributed by atoms with Crippen molar-refractivity contribution in [1.29, 1.82) is 0 Å². The first kappa shape index (κ1) is 19.4. The second kappa shape index (κ2) is 8.09. The van der Waals surface area contributed by atoms with Crippen LogP contribution in [-0.4, -0.2) is 28.0 Å². The van der Waals surface area contributed by atoms with E-state index in [1.165, 1.54) is 19.2 Å². The van der Waals surface area contributed by atoms with Crippen LogP contribution in [0, 0.1) is 13.7 Å². The fourth-order valence-electron chi connectivity index (χ4n) is 2.34. The highest BCUT2D eigenvalue weighted by Crippen LogP contribution is 2.32. The third-order valence-electron chi connectivity index (χ3n) is 3.76. The van der Waals surface area contributed by atoms with Gasteiger partial charge < -0.3 is 4.74 Å². The number of carbonyl (C=O) groups excluding carboxylic acids is 2. The van der Waals surface area contributed by atoms with Gasteiger partial charge in [-0.3, -0.25) is 24.6 Å². The molecular weight excluding hydrogens is 483 g/mol. The highest BCUT2D eigenvalue weighted by Gasteiger charge is 2.31. The minimum atomic E-state index is -0.444. The Morgan fingerprint density at radius 2 is 2.04 bits per heavy atom. The Morgan fingerprint density at radius 1 is 1.26 bits per heavy atom. The van der Waals surface area contributed by atoms with Crippen molar-refractivity contribution in [3.8, 4) is 5.75 Å². The van der Waals surface area contributed by atoms with Crippen LogP contribution < -0.4 is 4.74 Å². The van der Waals surface area contributed by atoms with Gasteiger partial charge in [0.25, 0.3) is 16.8 Å². The van der Waals surface area contributed by atoms with E-state index in [4.69, 9.17) is 4.74 Å². The van der Waals surface area contributed by atoms with Crippen LogP contribution in [-0.2, 0) is 11.4 Å². The number of imide groups is 1. The van der Waals surface area contributed by atoms with Crippen molar-refractivity contribution >= 4 is 57.3 Å². The first-order valence-corrected chi connectivity index (χ1v) is 9.62. The average molecular weight is 496 g/mol. The summed E-state index contributed by atoms with van der Waals surface area (Å²) in [6.07, 6.45) is 1.67. The zero-order valence-corrected chi connectivity index (χ0v) is 17.0. The van der Waals surface area contributed by atoms with Gasteiger partial charge in [-0.15, -0.1) is 0 Å². The van der Waals surface area contributed by atoms with E-state index < -0.39 is 4.92 Å². The minimum Gasteiger partial charge on any atom is -0.488 e. The second-order valence-corrected chi connectivity index (χ2v) is 7.80. The molecule has 0 atom stereocenters. The summed E-state index contributed by atoms with van der Waals surface area (Å²) in [4.78, 5) is 35.4. The van der Waals surface area contributed by atoms with Gasteiger partial charge in [-0.2, -0.15) is 0 Å². The van der Waals surface area contributed by atoms with Crippen molar-refractivity contribution in [3.05, 3.63) is 72.2 Å². The van der Waals surface area contributed by atoms with Gasteiger partial charge in [0.2, 0.25) is 0 Å². The van der Waals surface area contributed by atoms with E-state index in [0.29, 0.717) is 16.2 Å². The molecule has 0 bridgehead atoms. The fraction of sp³-hybridized carbons (Fsp3) is 0.111. The molecule has 0 spiro atoms. The number of likely N-dealkylation sites (N-methyl/N-ethyl adjacent to an activating group) is 1. The van der Waals surface area contributed by atoms with E-state index >= 15 is 0 Å². The number of ether oxygens (including phenoxy) is 1. The summed E-state index contributed by atoms with van der Waals surface area (Å²) in [7, 11) is 1.45. The summed E-state index contributed by atoms with van der Waals surface area (Å²) in [5, 5.41) is 10.5. The van der Waals surface area contributed by atoms with Crippen molar-refractivity contribution in [2.24, 2.45) is 0 Å². The lowest BCUT2D eigenvalue weighted by molar-refractivity contribution is -0.384. The molecule has 0 N–H and O–H groups in total. The predicted octanol–water partition coefficient (Wildman–Crippen LogP) is 4.44. The van der Waals surface area contributed by atoms with Gasteiger partial charge in [-0.05, 0) is 63.7 Å². The van der Waals surface area contributed by atoms with Gasteiger partial charge in [0, 0.05) is 19.2 Å². The molecule has 0 aromatic heterocycles. The molecule has 0 saturated carbocycles. The smallest absolute Gasteiger partial charge is 0.293 e. The molecule has 1 aliphatic heterocycles. The molecule has 0 unspecified atom stereocenters. The van der Waals surface area contributed by atoms with Crippen LogP contribution >= 0.6 is 34.4 Å². The van der Waals surface area contributed by atoms with E-state index in [2.05, 4.69) is 22.6 Å². The average Bonchev–Trinajstić information content (AvgIpc) is 2.88. The summed E-state index contributed by atoms with van der Waals surface area (Å²) < 4.78 is 6.57. The van der Waals surface area contributed by atoms with Crippen LogP contribution in [0.25, 0.3) is 6.08 Å². The van der Waals surface area contributed by atoms with Crippen molar-refractivity contribution in [2.75, 3.05) is 7.05 Å². The summed E-state index contributed by atoms with van der Waals surface area (Å²) in [5.41, 5.74) is 1.49. The largest absolute Gasteiger partial charge is 0.488 e. The Hall–Kier alpha value is -2.40. The first-order valence-electron chi connectivity index (χ1n) is 7.72. The van der Waals surface area contributed by atoms with Crippen LogP contribution in [0.15, 0.2) is 47.4 Å². The fourth-order valence-corrected chi connectivity index (χ4v) is 3.86. The van der Waals surface area contributed by atoms with Gasteiger partial charge in [0.1, 0.15) is 12.4 Å². The lowest BCUT2D eigenvalue weighted by Gasteiger charge is -2.09. The predicted molar refractivity (Wildman–Crippen MR) is 110 cm³/mol. The van der Waals surface area contributed by atoms with E-state index in [9.17, 15) is 19.7 Å². The van der Waals surface area contributed by atoms with Crippen LogP contribution in [0.3, 0.4) is 0 Å². The number of non-ortho nitro benzene ring substituents is 1. The van der Waals surface area contributed by atoms with Crippen LogP contribution in [0.1, 0.15) is 11.1 Å². The van der Waals surface area contributed by atoms with Crippen LogP contribution in [0.5, 0.6) is 5.75 Å². The van der Waals surface area contributed by atoms with Gasteiger partial charge in [-0.1, -0.05) is 18.2 Å². The van der Waals surface area contributed by atoms with Crippen molar-refractivity contribution in [1.82, 2.24) is 4.90 Å². The van der Waals surface area contributed by atoms with Gasteiger partial charge in [-0.25, -0.2) is 0 Å². The summed E-state index contributed by atoms with van der Waals surface area (Å²) in [6.45, 7) is 0.200. The van der Waals surface area contributed by atoms with Crippen LogP contribution in [0.2, 0.25) is 0 Å². The Bertz CT molecular complexity index is 976. The number of rotatable bonds is 5. The highest BCUT2D eigenvalue weighted by atomic mass is 127. The topological polar surface area (TPSA) is 89.8 Å². The Labute approximate surface area is 172 Å². The zero-order valence-electron chi connectivity index (χ0n) is 14.0. The molecule has 0 radical (unpaired) electrons. The van der Waals surface area contributed by atoms with E-state index in [0.717, 1.165) is 25.8 Å². The van der Waals surface area contributed by atoms with E-state index in [1.807, 2.05) is 6.07 Å². The number of carbonyl (C=O) groups is 2. The standard InChI is InChI=1S/C18H13IN2O5S/c1-20-17(22)16(27-18(20)23)9-11-5-6-15(14(19)8-11)26-10-12-3-2-4-13(7-12)21(24)25/h2-9H,10H2,1H3/b16-9-. The minimum absolute atomic E-state index is 0.0195. The highest BCUT2D eigenvalue weighted by molar-refractivity contribution is 14.1. The Balaban J connectivity index is 1.72. The maximum atomic E-state index is 11.9. The Kier molecular flexibility index (Phi) is 5.80. The lowest BCUT2D eigenvalue weighted by Crippen LogP contribution is -2.22. The molecular formula is C18H13IN2O5S. The van der Waals surface area contributed by atoms with Crippen molar-refractivity contribution in [2.45, 2.75) is 6.61 Å². The summed E-state index contributed by atoms with van der Waals surface area (Å²) in [5.74, 6) is 0.314. The molecule has 3 rings (SSSR count). The monoisotopic (exact) mass is 496 g/mol. The molecule has 2 aromatic rings. The molecule has 27 heavy (non-hydrogen) atoms. The third kappa shape index (κ3) is 4.48. The van der Waals surface area contributed by atoms with Crippen molar-refractivity contribution < 1.29 is 19.2 Å². The number of halogens is 1. The number of hydrogen-bond donors (Lipinski definition) is 0. The number of hydrogen-bond acceptors (Lipinski definition) is 6. The zero-order chi connectivity index (χ0) is 19.6. The van der Waals surface area contributed by atoms with Gasteiger partial charge in [0.05, 0.1) is 13.4 Å². The molecule has 7 nitrogen and oxygen atoms in total. The molecule has 1 saturated heterocycles. The van der Waals surface area contributed by atoms with E-state index in [-0.39, 0.29) is 23.4 Å². The Morgan fingerprint density at radius 3 is 2.67 bits per heavy atom. The number of nitrogens with zero attached hydrogens (tertiary/aromatic N) is 2. The molecule has 2 aromatic carbocycles. The first-order chi connectivity index (χ1) is 12.8. The maximum Gasteiger partial charge on any atom is 0.293 e. The molecule has 2 amide bonds. The molecule has 1 heterocycles. The van der Waals surface area contributed by atoms with Gasteiger partial charge >= 0.3 is 0 Å². The molecule has 0 aliphatic carbocycles. The molecule has 1 aliphatic rings. The van der Waals surface area contributed by atoms with Crippen LogP contribution in [0.4, 0.5) is 10.5 Å². The van der Waals surface area contributed by atoms with E-state index in [1.54, 1.807) is 30.3 Å². The number of benzene rings is 2. The maximum absolute atomic E-state index is 11.9. The summed E-state index contributed by atoms with van der Waals surface area (Å²) >= 11 is 3.02. The number of amides is 2.